The summed E-state index contributed by atoms with van der Waals surface area (Å²) in [7, 11) is 1.63. The van der Waals surface area contributed by atoms with Gasteiger partial charge in [0.15, 0.2) is 5.78 Å². The number of aromatic nitrogens is 1. The first kappa shape index (κ1) is 16.0. The number of ether oxygens (including phenoxy) is 1. The number of halogens is 1. The fourth-order valence-electron chi connectivity index (χ4n) is 2.92. The Balaban J connectivity index is 1.61. The summed E-state index contributed by atoms with van der Waals surface area (Å²) in [5, 5.41) is 0. The highest BCUT2D eigenvalue weighted by molar-refractivity contribution is 9.10. The van der Waals surface area contributed by atoms with Crippen molar-refractivity contribution in [1.82, 2.24) is 4.98 Å². The molecule has 0 unspecified atom stereocenters. The summed E-state index contributed by atoms with van der Waals surface area (Å²) in [6.07, 6.45) is 3.54. The molecular formula is C18H19BrN2O2. The number of hydrogen-bond acceptors (Lipinski definition) is 4. The lowest BCUT2D eigenvalue weighted by atomic mass is 9.89. The van der Waals surface area contributed by atoms with E-state index in [0.717, 1.165) is 47.5 Å². The van der Waals surface area contributed by atoms with Gasteiger partial charge in [0, 0.05) is 35.2 Å². The molecule has 4 nitrogen and oxygen atoms in total. The lowest BCUT2D eigenvalue weighted by molar-refractivity contribution is 0.0900. The van der Waals surface area contributed by atoms with Gasteiger partial charge in [-0.1, -0.05) is 0 Å². The molecule has 0 amide bonds. The normalized spacial score (nSPS) is 15.5. The van der Waals surface area contributed by atoms with Gasteiger partial charge in [-0.2, -0.15) is 0 Å². The van der Waals surface area contributed by atoms with Crippen LogP contribution >= 0.6 is 15.9 Å². The van der Waals surface area contributed by atoms with Crippen LogP contribution in [0.2, 0.25) is 0 Å². The van der Waals surface area contributed by atoms with Crippen LogP contribution in [0.5, 0.6) is 5.75 Å². The van der Waals surface area contributed by atoms with E-state index in [1.54, 1.807) is 7.11 Å². The molecule has 0 N–H and O–H groups in total. The van der Waals surface area contributed by atoms with E-state index >= 15 is 0 Å². The van der Waals surface area contributed by atoms with Crippen molar-refractivity contribution in [3.8, 4) is 5.75 Å². The van der Waals surface area contributed by atoms with Crippen LogP contribution < -0.4 is 9.64 Å². The molecule has 1 aromatic carbocycles. The Bertz CT molecular complexity index is 662. The molecule has 1 fully saturated rings. The van der Waals surface area contributed by atoms with Crippen molar-refractivity contribution in [2.45, 2.75) is 12.8 Å². The zero-order valence-corrected chi connectivity index (χ0v) is 14.6. The maximum Gasteiger partial charge on any atom is 0.166 e. The van der Waals surface area contributed by atoms with Crippen molar-refractivity contribution in [3.63, 3.8) is 0 Å². The van der Waals surface area contributed by atoms with Crippen molar-refractivity contribution >= 4 is 27.5 Å². The molecule has 3 rings (SSSR count). The largest absolute Gasteiger partial charge is 0.497 e. The van der Waals surface area contributed by atoms with E-state index in [-0.39, 0.29) is 11.7 Å². The van der Waals surface area contributed by atoms with Gasteiger partial charge in [0.2, 0.25) is 0 Å². The maximum atomic E-state index is 12.6. The average molecular weight is 375 g/mol. The van der Waals surface area contributed by atoms with E-state index in [1.807, 2.05) is 42.6 Å². The number of benzene rings is 1. The fourth-order valence-corrected chi connectivity index (χ4v) is 3.15. The second-order valence-corrected chi connectivity index (χ2v) is 6.60. The van der Waals surface area contributed by atoms with Crippen LogP contribution in [0.4, 0.5) is 5.82 Å². The number of carbonyl (C=O) groups excluding carboxylic acids is 1. The quantitative estimate of drug-likeness (QED) is 0.759. The number of Topliss-reactive ketones (excluding diaryl/α,β-unsaturated/α-hetero) is 1. The number of nitrogens with zero attached hydrogens (tertiary/aromatic N) is 2. The molecule has 120 valence electrons. The molecule has 1 aromatic heterocycles. The molecule has 2 heterocycles. The molecule has 1 aliphatic heterocycles. The number of methoxy groups -OCH3 is 1. The average Bonchev–Trinajstić information content (AvgIpc) is 2.62. The first-order valence-corrected chi connectivity index (χ1v) is 8.51. The first-order chi connectivity index (χ1) is 11.2. The summed E-state index contributed by atoms with van der Waals surface area (Å²) in [5.74, 6) is 2.08. The van der Waals surface area contributed by atoms with Crippen LogP contribution in [0.1, 0.15) is 23.2 Å². The Labute approximate surface area is 144 Å². The monoisotopic (exact) mass is 374 g/mol. The summed E-state index contributed by atoms with van der Waals surface area (Å²) in [6.45, 7) is 1.72. The molecular weight excluding hydrogens is 356 g/mol. The topological polar surface area (TPSA) is 42.4 Å². The van der Waals surface area contributed by atoms with Crippen LogP contribution in [-0.2, 0) is 0 Å². The summed E-state index contributed by atoms with van der Waals surface area (Å²) in [6, 6.07) is 11.4. The molecule has 1 aliphatic rings. The number of ketones is 1. The van der Waals surface area contributed by atoms with Crippen molar-refractivity contribution < 1.29 is 9.53 Å². The second kappa shape index (κ2) is 7.13. The first-order valence-electron chi connectivity index (χ1n) is 7.72. The molecule has 0 spiro atoms. The molecule has 0 saturated carbocycles. The fraction of sp³-hybridized carbons (Fsp3) is 0.333. The maximum absolute atomic E-state index is 12.6. The third-order valence-electron chi connectivity index (χ3n) is 4.28. The van der Waals surface area contributed by atoms with E-state index in [0.29, 0.717) is 0 Å². The summed E-state index contributed by atoms with van der Waals surface area (Å²) in [4.78, 5) is 19.3. The highest BCUT2D eigenvalue weighted by atomic mass is 79.9. The highest BCUT2D eigenvalue weighted by Gasteiger charge is 2.26. The van der Waals surface area contributed by atoms with Gasteiger partial charge in [-0.15, -0.1) is 0 Å². The number of carbonyl (C=O) groups is 1. The summed E-state index contributed by atoms with van der Waals surface area (Å²) >= 11 is 3.40. The predicted molar refractivity (Wildman–Crippen MR) is 94.2 cm³/mol. The predicted octanol–water partition coefficient (Wildman–Crippen LogP) is 3.95. The van der Waals surface area contributed by atoms with Crippen LogP contribution in [0.25, 0.3) is 0 Å². The smallest absolute Gasteiger partial charge is 0.166 e. The summed E-state index contributed by atoms with van der Waals surface area (Å²) < 4.78 is 6.12. The lowest BCUT2D eigenvalue weighted by Crippen LogP contribution is -2.36. The molecule has 23 heavy (non-hydrogen) atoms. The van der Waals surface area contributed by atoms with Gasteiger partial charge in [-0.25, -0.2) is 4.98 Å². The zero-order valence-electron chi connectivity index (χ0n) is 13.0. The molecule has 0 bridgehead atoms. The minimum Gasteiger partial charge on any atom is -0.497 e. The Hall–Kier alpha value is -1.88. The number of anilines is 1. The van der Waals surface area contributed by atoms with E-state index < -0.39 is 0 Å². The molecule has 0 atom stereocenters. The Kier molecular flexibility index (Phi) is 4.96. The van der Waals surface area contributed by atoms with Gasteiger partial charge in [0.1, 0.15) is 11.6 Å². The Morgan fingerprint density at radius 1 is 1.17 bits per heavy atom. The van der Waals surface area contributed by atoms with Gasteiger partial charge in [-0.05, 0) is 65.2 Å². The van der Waals surface area contributed by atoms with Crippen LogP contribution in [-0.4, -0.2) is 31.0 Å². The van der Waals surface area contributed by atoms with Crippen molar-refractivity contribution in [2.24, 2.45) is 5.92 Å². The minimum absolute atomic E-state index is 0.0927. The third kappa shape index (κ3) is 3.72. The van der Waals surface area contributed by atoms with E-state index in [1.165, 1.54) is 0 Å². The molecule has 0 radical (unpaired) electrons. The molecule has 2 aromatic rings. The standard InChI is InChI=1S/C18H19BrN2O2/c1-23-16-5-2-13(3-6-16)18(22)14-8-10-21(11-9-14)17-7-4-15(19)12-20-17/h2-7,12,14H,8-11H2,1H3. The Morgan fingerprint density at radius 3 is 2.43 bits per heavy atom. The second-order valence-electron chi connectivity index (χ2n) is 5.69. The van der Waals surface area contributed by atoms with E-state index in [2.05, 4.69) is 25.8 Å². The van der Waals surface area contributed by atoms with Gasteiger partial charge >= 0.3 is 0 Å². The van der Waals surface area contributed by atoms with Crippen LogP contribution in [0.3, 0.4) is 0 Å². The molecule has 1 saturated heterocycles. The van der Waals surface area contributed by atoms with Gasteiger partial charge in [0.25, 0.3) is 0 Å². The Morgan fingerprint density at radius 2 is 1.87 bits per heavy atom. The minimum atomic E-state index is 0.0927. The van der Waals surface area contributed by atoms with Gasteiger partial charge in [-0.3, -0.25) is 4.79 Å². The lowest BCUT2D eigenvalue weighted by Gasteiger charge is -2.32. The van der Waals surface area contributed by atoms with Crippen molar-refractivity contribution in [2.75, 3.05) is 25.1 Å². The van der Waals surface area contributed by atoms with Gasteiger partial charge in [0.05, 0.1) is 7.11 Å². The zero-order chi connectivity index (χ0) is 16.2. The number of pyridine rings is 1. The molecule has 0 aliphatic carbocycles. The van der Waals surface area contributed by atoms with Crippen molar-refractivity contribution in [1.29, 1.82) is 0 Å². The number of hydrogen-bond donors (Lipinski definition) is 0. The van der Waals surface area contributed by atoms with Crippen LogP contribution in [0.15, 0.2) is 47.1 Å². The molecule has 5 heteroatoms. The number of piperidine rings is 1. The SMILES string of the molecule is COc1ccc(C(=O)C2CCN(c3ccc(Br)cn3)CC2)cc1. The van der Waals surface area contributed by atoms with E-state index in [9.17, 15) is 4.79 Å². The van der Waals surface area contributed by atoms with Gasteiger partial charge < -0.3 is 9.64 Å². The van der Waals surface area contributed by atoms with Crippen LogP contribution in [0, 0.1) is 5.92 Å². The summed E-state index contributed by atoms with van der Waals surface area (Å²) in [5.41, 5.74) is 0.769. The highest BCUT2D eigenvalue weighted by Crippen LogP contribution is 2.26. The third-order valence-corrected chi connectivity index (χ3v) is 4.75. The number of rotatable bonds is 4. The van der Waals surface area contributed by atoms with E-state index in [4.69, 9.17) is 4.74 Å². The van der Waals surface area contributed by atoms with Crippen molar-refractivity contribution in [3.05, 3.63) is 52.6 Å².